The topological polar surface area (TPSA) is 15.3 Å². The van der Waals surface area contributed by atoms with Gasteiger partial charge < -0.3 is 10.2 Å². The number of nitrogens with one attached hydrogen (secondary N) is 1. The van der Waals surface area contributed by atoms with E-state index in [-0.39, 0.29) is 0 Å². The molecule has 2 fully saturated rings. The lowest BCUT2D eigenvalue weighted by Gasteiger charge is -2.43. The van der Waals surface area contributed by atoms with E-state index in [2.05, 4.69) is 38.0 Å². The van der Waals surface area contributed by atoms with Crippen molar-refractivity contribution in [3.05, 3.63) is 0 Å². The van der Waals surface area contributed by atoms with Crippen molar-refractivity contribution < 1.29 is 0 Å². The van der Waals surface area contributed by atoms with Gasteiger partial charge in [-0.05, 0) is 52.0 Å². The van der Waals surface area contributed by atoms with Gasteiger partial charge in [-0.2, -0.15) is 0 Å². The lowest BCUT2D eigenvalue weighted by atomic mass is 9.79. The number of rotatable bonds is 3. The van der Waals surface area contributed by atoms with Crippen molar-refractivity contribution in [3.8, 4) is 0 Å². The van der Waals surface area contributed by atoms with Crippen LogP contribution < -0.4 is 5.32 Å². The molecule has 0 aromatic rings. The van der Waals surface area contributed by atoms with E-state index < -0.39 is 0 Å². The Labute approximate surface area is 101 Å². The largest absolute Gasteiger partial charge is 0.311 e. The molecule has 0 aromatic heterocycles. The number of piperidine rings is 1. The third-order valence-electron chi connectivity index (χ3n) is 4.94. The van der Waals surface area contributed by atoms with E-state index in [0.717, 1.165) is 30.0 Å². The summed E-state index contributed by atoms with van der Waals surface area (Å²) in [4.78, 5) is 2.50. The lowest BCUT2D eigenvalue weighted by molar-refractivity contribution is 0.103. The maximum absolute atomic E-state index is 3.89. The van der Waals surface area contributed by atoms with Crippen molar-refractivity contribution in [2.75, 3.05) is 13.6 Å². The van der Waals surface area contributed by atoms with Crippen molar-refractivity contribution in [1.29, 1.82) is 0 Å². The Balaban J connectivity index is 1.83. The Kier molecular flexibility index (Phi) is 3.91. The van der Waals surface area contributed by atoms with Gasteiger partial charge in [0.05, 0.1) is 0 Å². The molecule has 1 heterocycles. The molecule has 0 aromatic carbocycles. The minimum absolute atomic E-state index is 0.733. The van der Waals surface area contributed by atoms with Gasteiger partial charge in [0.25, 0.3) is 0 Å². The molecule has 16 heavy (non-hydrogen) atoms. The van der Waals surface area contributed by atoms with Crippen molar-refractivity contribution in [1.82, 2.24) is 10.2 Å². The van der Waals surface area contributed by atoms with E-state index in [9.17, 15) is 0 Å². The van der Waals surface area contributed by atoms with Crippen molar-refractivity contribution in [2.24, 2.45) is 11.8 Å². The van der Waals surface area contributed by atoms with Crippen LogP contribution in [0.5, 0.6) is 0 Å². The van der Waals surface area contributed by atoms with Crippen molar-refractivity contribution in [3.63, 3.8) is 0 Å². The number of hydrogen-bond donors (Lipinski definition) is 1. The molecule has 0 bridgehead atoms. The summed E-state index contributed by atoms with van der Waals surface area (Å²) in [5.74, 6) is 1.76. The maximum atomic E-state index is 3.89. The van der Waals surface area contributed by atoms with E-state index in [1.807, 2.05) is 0 Å². The minimum atomic E-state index is 0.733. The number of likely N-dealkylation sites (tertiary alicyclic amines) is 1. The lowest BCUT2D eigenvalue weighted by Crippen LogP contribution is -2.54. The fraction of sp³-hybridized carbons (Fsp3) is 1.00. The summed E-state index contributed by atoms with van der Waals surface area (Å²) in [5.41, 5.74) is 0. The minimum Gasteiger partial charge on any atom is -0.311 e. The zero-order valence-corrected chi connectivity index (χ0v) is 11.4. The number of nitrogens with zero attached hydrogens (tertiary/aromatic N) is 1. The summed E-state index contributed by atoms with van der Waals surface area (Å²) in [6, 6.07) is 2.21. The summed E-state index contributed by atoms with van der Waals surface area (Å²) in [6.45, 7) is 8.39. The van der Waals surface area contributed by atoms with Crippen LogP contribution in [0.25, 0.3) is 0 Å². The van der Waals surface area contributed by atoms with Gasteiger partial charge in [0, 0.05) is 24.7 Å². The molecular weight excluding hydrogens is 196 g/mol. The Morgan fingerprint density at radius 1 is 1.25 bits per heavy atom. The molecule has 94 valence electrons. The van der Waals surface area contributed by atoms with Crippen LogP contribution in [0, 0.1) is 11.8 Å². The molecule has 4 atom stereocenters. The first-order valence-corrected chi connectivity index (χ1v) is 7.04. The molecule has 1 saturated heterocycles. The van der Waals surface area contributed by atoms with Gasteiger partial charge in [0.2, 0.25) is 0 Å². The highest BCUT2D eigenvalue weighted by Crippen LogP contribution is 2.31. The van der Waals surface area contributed by atoms with Crippen LogP contribution >= 0.6 is 0 Å². The van der Waals surface area contributed by atoms with Crippen LogP contribution in [0.2, 0.25) is 0 Å². The van der Waals surface area contributed by atoms with E-state index in [4.69, 9.17) is 0 Å². The van der Waals surface area contributed by atoms with E-state index in [0.29, 0.717) is 0 Å². The first-order chi connectivity index (χ1) is 7.58. The summed E-state index contributed by atoms with van der Waals surface area (Å²) < 4.78 is 0. The molecule has 2 aliphatic rings. The Morgan fingerprint density at radius 2 is 1.94 bits per heavy atom. The Morgan fingerprint density at radius 3 is 2.50 bits per heavy atom. The molecule has 1 aliphatic heterocycles. The maximum Gasteiger partial charge on any atom is 0.0122 e. The van der Waals surface area contributed by atoms with Gasteiger partial charge in [-0.15, -0.1) is 0 Å². The third kappa shape index (κ3) is 2.60. The molecule has 2 nitrogen and oxygen atoms in total. The highest BCUT2D eigenvalue weighted by atomic mass is 15.2. The predicted molar refractivity (Wildman–Crippen MR) is 69.6 cm³/mol. The SMILES string of the molecule is CC1CN(C)C(C)CC1NC(C)C1CCC1. The zero-order chi connectivity index (χ0) is 11.7. The Hall–Kier alpha value is -0.0800. The summed E-state index contributed by atoms with van der Waals surface area (Å²) in [5, 5.41) is 3.89. The van der Waals surface area contributed by atoms with Crippen molar-refractivity contribution >= 4 is 0 Å². The highest BCUT2D eigenvalue weighted by Gasteiger charge is 2.32. The quantitative estimate of drug-likeness (QED) is 0.792. The molecular formula is C14H28N2. The second-order valence-electron chi connectivity index (χ2n) is 6.25. The molecule has 2 rings (SSSR count). The second-order valence-corrected chi connectivity index (χ2v) is 6.25. The highest BCUT2D eigenvalue weighted by molar-refractivity contribution is 4.90. The molecule has 0 radical (unpaired) electrons. The summed E-state index contributed by atoms with van der Waals surface area (Å²) in [6.07, 6.45) is 5.67. The average molecular weight is 224 g/mol. The Bertz CT molecular complexity index is 225. The first-order valence-electron chi connectivity index (χ1n) is 7.04. The third-order valence-corrected chi connectivity index (χ3v) is 4.94. The summed E-state index contributed by atoms with van der Waals surface area (Å²) in [7, 11) is 2.26. The molecule has 1 aliphatic carbocycles. The molecule has 4 unspecified atom stereocenters. The van der Waals surface area contributed by atoms with Gasteiger partial charge in [0.15, 0.2) is 0 Å². The fourth-order valence-corrected chi connectivity index (χ4v) is 3.19. The van der Waals surface area contributed by atoms with E-state index in [1.165, 1.54) is 32.2 Å². The van der Waals surface area contributed by atoms with E-state index in [1.54, 1.807) is 0 Å². The normalized spacial score (nSPS) is 39.4. The van der Waals surface area contributed by atoms with Crippen LogP contribution in [0.1, 0.15) is 46.5 Å². The van der Waals surface area contributed by atoms with Crippen LogP contribution in [0.15, 0.2) is 0 Å². The molecule has 2 heteroatoms. The predicted octanol–water partition coefficient (Wildman–Crippen LogP) is 2.49. The van der Waals surface area contributed by atoms with Crippen LogP contribution in [-0.2, 0) is 0 Å². The molecule has 0 amide bonds. The zero-order valence-electron chi connectivity index (χ0n) is 11.4. The smallest absolute Gasteiger partial charge is 0.0122 e. The molecule has 1 N–H and O–H groups in total. The van der Waals surface area contributed by atoms with Gasteiger partial charge >= 0.3 is 0 Å². The van der Waals surface area contributed by atoms with Crippen molar-refractivity contribution in [2.45, 2.75) is 64.6 Å². The van der Waals surface area contributed by atoms with Gasteiger partial charge in [0.1, 0.15) is 0 Å². The average Bonchev–Trinajstić information content (AvgIpc) is 2.11. The standard InChI is InChI=1S/C14H28N2/c1-10-9-16(4)11(2)8-14(10)15-12(3)13-6-5-7-13/h10-15H,5-9H2,1-4H3. The van der Waals surface area contributed by atoms with Crippen LogP contribution in [0.4, 0.5) is 0 Å². The van der Waals surface area contributed by atoms with Gasteiger partial charge in [-0.25, -0.2) is 0 Å². The van der Waals surface area contributed by atoms with Gasteiger partial charge in [-0.3, -0.25) is 0 Å². The molecule has 0 spiro atoms. The van der Waals surface area contributed by atoms with Gasteiger partial charge in [-0.1, -0.05) is 13.3 Å². The summed E-state index contributed by atoms with van der Waals surface area (Å²) >= 11 is 0. The van der Waals surface area contributed by atoms with Crippen LogP contribution in [-0.4, -0.2) is 36.6 Å². The van der Waals surface area contributed by atoms with Crippen LogP contribution in [0.3, 0.4) is 0 Å². The first kappa shape index (κ1) is 12.4. The fourth-order valence-electron chi connectivity index (χ4n) is 3.19. The second kappa shape index (κ2) is 5.05. The monoisotopic (exact) mass is 224 g/mol. The molecule has 1 saturated carbocycles. The van der Waals surface area contributed by atoms with E-state index >= 15 is 0 Å². The number of hydrogen-bond acceptors (Lipinski definition) is 2.